The normalized spacial score (nSPS) is 14.8. The standard InChI is InChI=1S/C21H26FN3O4S/c1-3-25(30(27,28)18-10-8-17(29-2)9-11-18)16-21(26)24-14-12-23(13-15-24)20-7-5-4-6-19(20)22/h4-11H,3,12-16H2,1-2H3. The molecule has 0 spiro atoms. The summed E-state index contributed by atoms with van der Waals surface area (Å²) in [7, 11) is -2.29. The van der Waals surface area contributed by atoms with Crippen LogP contribution in [0, 0.1) is 5.82 Å². The number of piperazine rings is 1. The Kier molecular flexibility index (Phi) is 6.94. The molecule has 1 amide bonds. The monoisotopic (exact) mass is 435 g/mol. The van der Waals surface area contributed by atoms with Gasteiger partial charge < -0.3 is 14.5 Å². The van der Waals surface area contributed by atoms with Gasteiger partial charge in [0.25, 0.3) is 0 Å². The number of methoxy groups -OCH3 is 1. The Balaban J connectivity index is 1.63. The molecule has 9 heteroatoms. The van der Waals surface area contributed by atoms with Crippen molar-refractivity contribution >= 4 is 21.6 Å². The maximum Gasteiger partial charge on any atom is 0.243 e. The minimum absolute atomic E-state index is 0.113. The number of sulfonamides is 1. The highest BCUT2D eigenvalue weighted by atomic mass is 32.2. The van der Waals surface area contributed by atoms with Crippen molar-refractivity contribution in [3.8, 4) is 5.75 Å². The number of ether oxygens (including phenoxy) is 1. The lowest BCUT2D eigenvalue weighted by Crippen LogP contribution is -2.52. The van der Waals surface area contributed by atoms with Crippen molar-refractivity contribution in [3.05, 3.63) is 54.3 Å². The molecular weight excluding hydrogens is 409 g/mol. The van der Waals surface area contributed by atoms with Crippen molar-refractivity contribution in [3.63, 3.8) is 0 Å². The number of carbonyl (C=O) groups excluding carboxylic acids is 1. The van der Waals surface area contributed by atoms with Crippen LogP contribution in [-0.2, 0) is 14.8 Å². The van der Waals surface area contributed by atoms with Crippen LogP contribution in [0.5, 0.6) is 5.75 Å². The molecule has 1 saturated heterocycles. The number of anilines is 1. The Morgan fingerprint density at radius 3 is 2.27 bits per heavy atom. The molecule has 2 aromatic carbocycles. The van der Waals surface area contributed by atoms with Gasteiger partial charge in [-0.05, 0) is 36.4 Å². The molecule has 0 bridgehead atoms. The third-order valence-electron chi connectivity index (χ3n) is 5.19. The van der Waals surface area contributed by atoms with Gasteiger partial charge in [0.15, 0.2) is 0 Å². The minimum Gasteiger partial charge on any atom is -0.497 e. The molecule has 7 nitrogen and oxygen atoms in total. The molecule has 0 saturated carbocycles. The summed E-state index contributed by atoms with van der Waals surface area (Å²) in [6, 6.07) is 12.6. The molecule has 0 unspecified atom stereocenters. The number of amides is 1. The van der Waals surface area contributed by atoms with Crippen LogP contribution >= 0.6 is 0 Å². The summed E-state index contributed by atoms with van der Waals surface area (Å²) >= 11 is 0. The average Bonchev–Trinajstić information content (AvgIpc) is 2.77. The Bertz CT molecular complexity index is 974. The van der Waals surface area contributed by atoms with Gasteiger partial charge in [0.2, 0.25) is 15.9 Å². The second-order valence-corrected chi connectivity index (χ2v) is 8.86. The first kappa shape index (κ1) is 22.0. The predicted molar refractivity (Wildman–Crippen MR) is 113 cm³/mol. The highest BCUT2D eigenvalue weighted by molar-refractivity contribution is 7.89. The van der Waals surface area contributed by atoms with Gasteiger partial charge in [-0.25, -0.2) is 12.8 Å². The van der Waals surface area contributed by atoms with Gasteiger partial charge in [0, 0.05) is 32.7 Å². The van der Waals surface area contributed by atoms with E-state index >= 15 is 0 Å². The van der Waals surface area contributed by atoms with E-state index in [1.807, 2.05) is 4.90 Å². The third kappa shape index (κ3) is 4.73. The van der Waals surface area contributed by atoms with E-state index in [2.05, 4.69) is 0 Å². The van der Waals surface area contributed by atoms with Crippen molar-refractivity contribution in [2.75, 3.05) is 51.3 Å². The molecule has 162 valence electrons. The third-order valence-corrected chi connectivity index (χ3v) is 7.12. The van der Waals surface area contributed by atoms with Gasteiger partial charge in [-0.15, -0.1) is 0 Å². The first-order valence-electron chi connectivity index (χ1n) is 9.78. The number of rotatable bonds is 7. The largest absolute Gasteiger partial charge is 0.497 e. The zero-order valence-electron chi connectivity index (χ0n) is 17.1. The molecule has 1 aliphatic heterocycles. The van der Waals surface area contributed by atoms with Crippen LogP contribution in [0.3, 0.4) is 0 Å². The van der Waals surface area contributed by atoms with Crippen molar-refractivity contribution in [2.24, 2.45) is 0 Å². The molecule has 30 heavy (non-hydrogen) atoms. The lowest BCUT2D eigenvalue weighted by molar-refractivity contribution is -0.131. The molecule has 0 atom stereocenters. The van der Waals surface area contributed by atoms with Crippen LogP contribution in [0.1, 0.15) is 6.92 Å². The number of halogens is 1. The molecular formula is C21H26FN3O4S. The molecule has 0 N–H and O–H groups in total. The van der Waals surface area contributed by atoms with Gasteiger partial charge in [-0.1, -0.05) is 19.1 Å². The van der Waals surface area contributed by atoms with Crippen molar-refractivity contribution in [2.45, 2.75) is 11.8 Å². The maximum atomic E-state index is 14.0. The van der Waals surface area contributed by atoms with Crippen LogP contribution in [0.15, 0.2) is 53.4 Å². The van der Waals surface area contributed by atoms with Crippen LogP contribution in [0.2, 0.25) is 0 Å². The van der Waals surface area contributed by atoms with E-state index < -0.39 is 10.0 Å². The van der Waals surface area contributed by atoms with Crippen molar-refractivity contribution < 1.29 is 22.3 Å². The topological polar surface area (TPSA) is 70.2 Å². The number of hydrogen-bond donors (Lipinski definition) is 0. The smallest absolute Gasteiger partial charge is 0.243 e. The van der Waals surface area contributed by atoms with Crippen LogP contribution in [-0.4, -0.2) is 69.9 Å². The number of hydrogen-bond acceptors (Lipinski definition) is 5. The Hall–Kier alpha value is -2.65. The predicted octanol–water partition coefficient (Wildman–Crippen LogP) is 2.19. The summed E-state index contributed by atoms with van der Waals surface area (Å²) in [6.07, 6.45) is 0. The Morgan fingerprint density at radius 1 is 1.07 bits per heavy atom. The fraction of sp³-hybridized carbons (Fsp3) is 0.381. The van der Waals surface area contributed by atoms with E-state index in [9.17, 15) is 17.6 Å². The zero-order valence-corrected chi connectivity index (χ0v) is 17.9. The van der Waals surface area contributed by atoms with Crippen molar-refractivity contribution in [1.82, 2.24) is 9.21 Å². The fourth-order valence-corrected chi connectivity index (χ4v) is 4.82. The van der Waals surface area contributed by atoms with E-state index in [1.54, 1.807) is 42.2 Å². The highest BCUT2D eigenvalue weighted by Crippen LogP contribution is 2.22. The molecule has 0 aliphatic carbocycles. The molecule has 3 rings (SSSR count). The Labute approximate surface area is 176 Å². The molecule has 2 aromatic rings. The number of likely N-dealkylation sites (N-methyl/N-ethyl adjacent to an activating group) is 1. The maximum absolute atomic E-state index is 14.0. The number of nitrogens with zero attached hydrogens (tertiary/aromatic N) is 3. The second kappa shape index (κ2) is 9.44. The van der Waals surface area contributed by atoms with Gasteiger partial charge >= 0.3 is 0 Å². The van der Waals surface area contributed by atoms with E-state index in [1.165, 1.54) is 29.6 Å². The summed E-state index contributed by atoms with van der Waals surface area (Å²) in [6.45, 7) is 3.44. The number of benzene rings is 2. The summed E-state index contributed by atoms with van der Waals surface area (Å²) in [5, 5.41) is 0. The van der Waals surface area contributed by atoms with Gasteiger partial charge in [-0.3, -0.25) is 4.79 Å². The van der Waals surface area contributed by atoms with Crippen molar-refractivity contribution in [1.29, 1.82) is 0 Å². The fourth-order valence-electron chi connectivity index (χ4n) is 3.42. The first-order valence-corrected chi connectivity index (χ1v) is 11.2. The molecule has 0 radical (unpaired) electrons. The summed E-state index contributed by atoms with van der Waals surface area (Å²) in [5.41, 5.74) is 0.516. The number of para-hydroxylation sites is 1. The lowest BCUT2D eigenvalue weighted by Gasteiger charge is -2.37. The lowest BCUT2D eigenvalue weighted by atomic mass is 10.2. The number of carbonyl (C=O) groups is 1. The van der Waals surface area contributed by atoms with Gasteiger partial charge in [0.1, 0.15) is 11.6 Å². The summed E-state index contributed by atoms with van der Waals surface area (Å²) in [5.74, 6) is 0.00272. The van der Waals surface area contributed by atoms with Crippen LogP contribution < -0.4 is 9.64 Å². The van der Waals surface area contributed by atoms with E-state index in [4.69, 9.17) is 4.74 Å². The van der Waals surface area contributed by atoms with E-state index in [-0.39, 0.29) is 29.7 Å². The highest BCUT2D eigenvalue weighted by Gasteiger charge is 2.29. The first-order chi connectivity index (χ1) is 14.4. The van der Waals surface area contributed by atoms with Crippen LogP contribution in [0.25, 0.3) is 0 Å². The Morgan fingerprint density at radius 2 is 1.70 bits per heavy atom. The average molecular weight is 436 g/mol. The summed E-state index contributed by atoms with van der Waals surface area (Å²) < 4.78 is 46.1. The molecule has 1 aliphatic rings. The van der Waals surface area contributed by atoms with Crippen LogP contribution in [0.4, 0.5) is 10.1 Å². The quantitative estimate of drug-likeness (QED) is 0.667. The molecule has 1 heterocycles. The molecule has 1 fully saturated rings. The van der Waals surface area contributed by atoms with Gasteiger partial charge in [0.05, 0.1) is 24.2 Å². The minimum atomic E-state index is -3.80. The second-order valence-electron chi connectivity index (χ2n) is 6.93. The van der Waals surface area contributed by atoms with E-state index in [0.29, 0.717) is 37.6 Å². The summed E-state index contributed by atoms with van der Waals surface area (Å²) in [4.78, 5) is 16.4. The SMILES string of the molecule is CCN(CC(=O)N1CCN(c2ccccc2F)CC1)S(=O)(=O)c1ccc(OC)cc1. The molecule has 0 aromatic heterocycles. The van der Waals surface area contributed by atoms with E-state index in [0.717, 1.165) is 0 Å². The zero-order chi connectivity index (χ0) is 21.7. The van der Waals surface area contributed by atoms with Gasteiger partial charge in [-0.2, -0.15) is 4.31 Å².